The monoisotopic (exact) mass is 252 g/mol. The lowest BCUT2D eigenvalue weighted by molar-refractivity contribution is -0.120. The average molecular weight is 252 g/mol. The van der Waals surface area contributed by atoms with Crippen molar-refractivity contribution < 1.29 is 4.79 Å². The van der Waals surface area contributed by atoms with Gasteiger partial charge in [-0.1, -0.05) is 44.7 Å². The summed E-state index contributed by atoms with van der Waals surface area (Å²) in [6.07, 6.45) is 6.99. The lowest BCUT2D eigenvalue weighted by Gasteiger charge is -2.13. The highest BCUT2D eigenvalue weighted by Gasteiger charge is 2.13. The molecule has 0 aliphatic rings. The van der Waals surface area contributed by atoms with Crippen LogP contribution in [0.3, 0.4) is 0 Å². The third kappa shape index (κ3) is 4.96. The number of carbonyl (C=O) groups excluding carboxylic acids is 1. The predicted octanol–water partition coefficient (Wildman–Crippen LogP) is 1.91. The molecule has 0 aromatic carbocycles. The number of hydrogen-bond acceptors (Lipinski definition) is 4. The maximum atomic E-state index is 11.9. The molecule has 1 rings (SSSR count). The van der Waals surface area contributed by atoms with Crippen molar-refractivity contribution >= 4 is 5.78 Å². The van der Waals surface area contributed by atoms with E-state index in [9.17, 15) is 4.79 Å². The predicted molar refractivity (Wildman–Crippen MR) is 70.8 cm³/mol. The molecule has 1 heterocycles. The van der Waals surface area contributed by atoms with Gasteiger partial charge in [0.2, 0.25) is 0 Å². The summed E-state index contributed by atoms with van der Waals surface area (Å²) in [6, 6.07) is 0. The molecule has 0 saturated heterocycles. The zero-order chi connectivity index (χ0) is 13.4. The number of carbonyl (C=O) groups is 1. The Hall–Kier alpha value is -1.23. The van der Waals surface area contributed by atoms with Gasteiger partial charge in [-0.15, -0.1) is 5.10 Å². The van der Waals surface area contributed by atoms with Crippen molar-refractivity contribution in [1.29, 1.82) is 0 Å². The molecule has 1 aromatic heterocycles. The van der Waals surface area contributed by atoms with Gasteiger partial charge in [-0.25, -0.2) is 4.68 Å². The van der Waals surface area contributed by atoms with Gasteiger partial charge in [-0.2, -0.15) is 0 Å². The number of rotatable bonds is 9. The molecule has 0 spiro atoms. The zero-order valence-corrected chi connectivity index (χ0v) is 11.4. The van der Waals surface area contributed by atoms with Crippen LogP contribution in [0.25, 0.3) is 0 Å². The second-order valence-electron chi connectivity index (χ2n) is 4.77. The van der Waals surface area contributed by atoms with Crippen molar-refractivity contribution in [3.8, 4) is 0 Å². The molecule has 1 unspecified atom stereocenters. The Kier molecular flexibility index (Phi) is 6.57. The van der Waals surface area contributed by atoms with Gasteiger partial charge in [0.05, 0.1) is 11.9 Å². The standard InChI is InChI=1S/C13H24N4O/c1-3-5-6-11(4-2)7-13(18)10-17-9-12(8-14)15-16-17/h9,11H,3-8,10,14H2,1-2H3. The smallest absolute Gasteiger partial charge is 0.154 e. The van der Waals surface area contributed by atoms with Gasteiger partial charge in [0.15, 0.2) is 5.78 Å². The normalized spacial score (nSPS) is 12.6. The number of Topliss-reactive ketones (excluding diaryl/α,β-unsaturated/α-hetero) is 1. The van der Waals surface area contributed by atoms with Gasteiger partial charge >= 0.3 is 0 Å². The summed E-state index contributed by atoms with van der Waals surface area (Å²) in [5, 5.41) is 7.76. The molecule has 5 heteroatoms. The number of nitrogens with two attached hydrogens (primary N) is 1. The van der Waals surface area contributed by atoms with E-state index in [0.29, 0.717) is 25.4 Å². The van der Waals surface area contributed by atoms with Crippen molar-refractivity contribution in [3.63, 3.8) is 0 Å². The first kappa shape index (κ1) is 14.8. The third-order valence-electron chi connectivity index (χ3n) is 3.19. The molecule has 0 amide bonds. The van der Waals surface area contributed by atoms with E-state index in [-0.39, 0.29) is 5.78 Å². The number of aromatic nitrogens is 3. The molecule has 2 N–H and O–H groups in total. The van der Waals surface area contributed by atoms with Crippen LogP contribution in [0.4, 0.5) is 0 Å². The Labute approximate surface area is 109 Å². The van der Waals surface area contributed by atoms with Crippen LogP contribution in [0.5, 0.6) is 0 Å². The summed E-state index contributed by atoms with van der Waals surface area (Å²) in [5.41, 5.74) is 6.17. The Morgan fingerprint density at radius 1 is 1.50 bits per heavy atom. The van der Waals surface area contributed by atoms with Crippen molar-refractivity contribution in [1.82, 2.24) is 15.0 Å². The Morgan fingerprint density at radius 3 is 2.83 bits per heavy atom. The molecule has 0 bridgehead atoms. The van der Waals surface area contributed by atoms with Gasteiger partial charge in [-0.05, 0) is 5.92 Å². The second kappa shape index (κ2) is 7.97. The quantitative estimate of drug-likeness (QED) is 0.728. The lowest BCUT2D eigenvalue weighted by Crippen LogP contribution is -2.15. The third-order valence-corrected chi connectivity index (χ3v) is 3.19. The summed E-state index contributed by atoms with van der Waals surface area (Å²) in [4.78, 5) is 11.9. The van der Waals surface area contributed by atoms with Crippen LogP contribution in [0, 0.1) is 5.92 Å². The lowest BCUT2D eigenvalue weighted by atomic mass is 9.94. The molecule has 0 fully saturated rings. The minimum atomic E-state index is 0.228. The topological polar surface area (TPSA) is 73.8 Å². The van der Waals surface area contributed by atoms with Crippen LogP contribution >= 0.6 is 0 Å². The van der Waals surface area contributed by atoms with Crippen LogP contribution in [0.1, 0.15) is 51.6 Å². The largest absolute Gasteiger partial charge is 0.325 e. The summed E-state index contributed by atoms with van der Waals surface area (Å²) >= 11 is 0. The highest BCUT2D eigenvalue weighted by molar-refractivity contribution is 5.78. The molecule has 0 saturated carbocycles. The summed E-state index contributed by atoms with van der Waals surface area (Å²) in [5.74, 6) is 0.737. The van der Waals surface area contributed by atoms with Crippen LogP contribution in [-0.4, -0.2) is 20.8 Å². The minimum Gasteiger partial charge on any atom is -0.325 e. The van der Waals surface area contributed by atoms with Crippen LogP contribution in [-0.2, 0) is 17.9 Å². The maximum Gasteiger partial charge on any atom is 0.154 e. The van der Waals surface area contributed by atoms with E-state index in [1.165, 1.54) is 12.8 Å². The molecule has 102 valence electrons. The number of ketones is 1. The molecule has 0 aliphatic heterocycles. The average Bonchev–Trinajstić information content (AvgIpc) is 2.81. The van der Waals surface area contributed by atoms with Gasteiger partial charge in [-0.3, -0.25) is 4.79 Å². The molecule has 0 radical (unpaired) electrons. The van der Waals surface area contributed by atoms with Crippen LogP contribution in [0.2, 0.25) is 0 Å². The first-order chi connectivity index (χ1) is 8.69. The molecular weight excluding hydrogens is 228 g/mol. The van der Waals surface area contributed by atoms with Gasteiger partial charge in [0, 0.05) is 13.0 Å². The molecule has 18 heavy (non-hydrogen) atoms. The van der Waals surface area contributed by atoms with Gasteiger partial charge in [0.1, 0.15) is 6.54 Å². The molecule has 1 atom stereocenters. The Bertz CT molecular complexity index is 362. The fourth-order valence-corrected chi connectivity index (χ4v) is 2.02. The van der Waals surface area contributed by atoms with Crippen LogP contribution < -0.4 is 5.73 Å². The van der Waals surface area contributed by atoms with Crippen molar-refractivity contribution in [2.75, 3.05) is 0 Å². The Morgan fingerprint density at radius 2 is 2.28 bits per heavy atom. The summed E-state index contributed by atoms with van der Waals surface area (Å²) in [7, 11) is 0. The second-order valence-corrected chi connectivity index (χ2v) is 4.77. The maximum absolute atomic E-state index is 11.9. The van der Waals surface area contributed by atoms with Crippen molar-refractivity contribution in [2.24, 2.45) is 11.7 Å². The zero-order valence-electron chi connectivity index (χ0n) is 11.4. The van der Waals surface area contributed by atoms with Crippen molar-refractivity contribution in [2.45, 2.75) is 59.0 Å². The minimum absolute atomic E-state index is 0.228. The van der Waals surface area contributed by atoms with E-state index in [0.717, 1.165) is 18.5 Å². The van der Waals surface area contributed by atoms with E-state index >= 15 is 0 Å². The summed E-state index contributed by atoms with van der Waals surface area (Å²) < 4.78 is 1.58. The highest BCUT2D eigenvalue weighted by Crippen LogP contribution is 2.17. The van der Waals surface area contributed by atoms with Gasteiger partial charge in [0.25, 0.3) is 0 Å². The Balaban J connectivity index is 2.39. The number of nitrogens with zero attached hydrogens (tertiary/aromatic N) is 3. The summed E-state index contributed by atoms with van der Waals surface area (Å²) in [6.45, 7) is 5.01. The molecule has 0 aliphatic carbocycles. The molecule has 5 nitrogen and oxygen atoms in total. The SMILES string of the molecule is CCCCC(CC)CC(=O)Cn1cc(CN)nn1. The number of hydrogen-bond donors (Lipinski definition) is 1. The molecular formula is C13H24N4O. The van der Waals surface area contributed by atoms with E-state index in [1.807, 2.05) is 0 Å². The van der Waals surface area contributed by atoms with E-state index in [2.05, 4.69) is 24.2 Å². The van der Waals surface area contributed by atoms with E-state index in [4.69, 9.17) is 5.73 Å². The fourth-order valence-electron chi connectivity index (χ4n) is 2.02. The first-order valence-corrected chi connectivity index (χ1v) is 6.80. The van der Waals surface area contributed by atoms with E-state index in [1.54, 1.807) is 10.9 Å². The molecule has 1 aromatic rings. The highest BCUT2D eigenvalue weighted by atomic mass is 16.1. The fraction of sp³-hybridized carbons (Fsp3) is 0.769. The van der Waals surface area contributed by atoms with Crippen LogP contribution in [0.15, 0.2) is 6.20 Å². The first-order valence-electron chi connectivity index (χ1n) is 6.80. The number of unbranched alkanes of at least 4 members (excludes halogenated alkanes) is 1. The van der Waals surface area contributed by atoms with Gasteiger partial charge < -0.3 is 5.73 Å². The van der Waals surface area contributed by atoms with Crippen molar-refractivity contribution in [3.05, 3.63) is 11.9 Å². The van der Waals surface area contributed by atoms with E-state index < -0.39 is 0 Å².